The van der Waals surface area contributed by atoms with Gasteiger partial charge in [0.2, 0.25) is 0 Å². The van der Waals surface area contributed by atoms with Crippen molar-refractivity contribution in [2.75, 3.05) is 6.61 Å². The molecule has 2 aliphatic heterocycles. The molecule has 0 radical (unpaired) electrons. The maximum atomic E-state index is 12.3. The van der Waals surface area contributed by atoms with Gasteiger partial charge in [-0.15, -0.1) is 0 Å². The van der Waals surface area contributed by atoms with Crippen LogP contribution >= 0.6 is 0 Å². The molecule has 0 bridgehead atoms. The molecule has 6 rings (SSSR count). The Labute approximate surface area is 327 Å². The second-order valence-corrected chi connectivity index (χ2v) is 20.3. The Balaban J connectivity index is 1.38. The Morgan fingerprint density at radius 2 is 1.49 bits per heavy atom. The third-order valence-corrected chi connectivity index (χ3v) is 16.5. The zero-order valence-corrected chi connectivity index (χ0v) is 34.4. The molecule has 0 aromatic carbocycles. The average molecular weight is 785 g/mol. The number of aliphatic hydroxyl groups excluding tert-OH is 8. The van der Waals surface area contributed by atoms with Crippen molar-refractivity contribution in [2.24, 2.45) is 45.3 Å². The van der Waals surface area contributed by atoms with Crippen molar-refractivity contribution < 1.29 is 64.9 Å². The summed E-state index contributed by atoms with van der Waals surface area (Å²) < 4.78 is 25.1. The largest absolute Gasteiger partial charge is 0.394 e. The van der Waals surface area contributed by atoms with Crippen molar-refractivity contribution in [3.05, 3.63) is 11.6 Å². The van der Waals surface area contributed by atoms with E-state index in [-0.39, 0.29) is 23.7 Å². The molecule has 6 aliphatic rings. The molecular weight excluding hydrogens is 712 g/mol. The molecule has 0 amide bonds. The number of allylic oxidation sites excluding steroid dienone is 2. The Hall–Kier alpha value is -0.780. The minimum Gasteiger partial charge on any atom is -0.394 e. The van der Waals surface area contributed by atoms with E-state index in [0.29, 0.717) is 32.1 Å². The second-order valence-electron chi connectivity index (χ2n) is 20.3. The molecule has 0 unspecified atom stereocenters. The smallest absolute Gasteiger partial charge is 0.187 e. The van der Waals surface area contributed by atoms with E-state index in [1.54, 1.807) is 0 Å². The molecule has 4 saturated carbocycles. The number of ether oxygens (including phenoxy) is 4. The fourth-order valence-electron chi connectivity index (χ4n) is 13.3. The highest BCUT2D eigenvalue weighted by molar-refractivity contribution is 5.22. The second kappa shape index (κ2) is 15.4. The van der Waals surface area contributed by atoms with Crippen molar-refractivity contribution in [3.8, 4) is 0 Å². The van der Waals surface area contributed by atoms with Crippen LogP contribution in [-0.4, -0.2) is 138 Å². The van der Waals surface area contributed by atoms with Crippen molar-refractivity contribution in [1.29, 1.82) is 0 Å². The molecule has 0 aromatic rings. The zero-order valence-electron chi connectivity index (χ0n) is 34.4. The normalized spacial score (nSPS) is 53.4. The molecule has 4 aliphatic carbocycles. The van der Waals surface area contributed by atoms with E-state index < -0.39 is 114 Å². The maximum Gasteiger partial charge on any atom is 0.187 e. The van der Waals surface area contributed by atoms with Crippen LogP contribution in [0.3, 0.4) is 0 Å². The van der Waals surface area contributed by atoms with Crippen LogP contribution in [-0.2, 0) is 18.9 Å². The first kappa shape index (κ1) is 43.8. The Morgan fingerprint density at radius 3 is 2.13 bits per heavy atom. The number of hydrogen-bond donors (Lipinski definition) is 9. The predicted octanol–water partition coefficient (Wildman–Crippen LogP) is 2.15. The van der Waals surface area contributed by atoms with Crippen molar-refractivity contribution in [2.45, 2.75) is 199 Å². The lowest BCUT2D eigenvalue weighted by Gasteiger charge is -2.72. The van der Waals surface area contributed by atoms with Gasteiger partial charge in [0.1, 0.15) is 42.7 Å². The van der Waals surface area contributed by atoms with Gasteiger partial charge in [0.05, 0.1) is 36.6 Å². The summed E-state index contributed by atoms with van der Waals surface area (Å²) >= 11 is 0. The van der Waals surface area contributed by atoms with E-state index in [9.17, 15) is 46.0 Å². The van der Waals surface area contributed by atoms with Gasteiger partial charge < -0.3 is 64.9 Å². The van der Waals surface area contributed by atoms with Gasteiger partial charge in [0.15, 0.2) is 12.6 Å². The van der Waals surface area contributed by atoms with E-state index in [1.165, 1.54) is 12.5 Å². The number of rotatable bonds is 9. The van der Waals surface area contributed by atoms with Gasteiger partial charge in [-0.05, 0) is 124 Å². The van der Waals surface area contributed by atoms with Gasteiger partial charge >= 0.3 is 0 Å². The molecule has 13 nitrogen and oxygen atoms in total. The molecule has 6 fully saturated rings. The van der Waals surface area contributed by atoms with Gasteiger partial charge in [-0.1, -0.05) is 46.3 Å². The van der Waals surface area contributed by atoms with Gasteiger partial charge in [-0.3, -0.25) is 0 Å². The first-order valence-corrected chi connectivity index (χ1v) is 20.8. The molecule has 13 heteroatoms. The van der Waals surface area contributed by atoms with Crippen LogP contribution in [0.1, 0.15) is 114 Å². The summed E-state index contributed by atoms with van der Waals surface area (Å²) in [4.78, 5) is 0. The summed E-state index contributed by atoms with van der Waals surface area (Å²) in [5.74, 6) is -0.526. The molecular formula is C42H72O13. The summed E-state index contributed by atoms with van der Waals surface area (Å²) in [6.07, 6.45) is -8.99. The molecule has 0 spiro atoms. The topological polar surface area (TPSA) is 219 Å². The third-order valence-electron chi connectivity index (χ3n) is 16.5. The van der Waals surface area contributed by atoms with Crippen LogP contribution in [0, 0.1) is 45.3 Å². The molecule has 0 aromatic heterocycles. The third kappa shape index (κ3) is 7.10. The van der Waals surface area contributed by atoms with Crippen LogP contribution in [0.5, 0.6) is 0 Å². The van der Waals surface area contributed by atoms with Crippen LogP contribution in [0.4, 0.5) is 0 Å². The standard InChI is InChI=1S/C42H72O13/c1-20(2)11-10-14-42(9,51)22-12-16-40(7)28(22)23(44)17-26-39(6)15-13-27(45)38(4,5)35(39)24(18-41(26,40)8)53-37-34(32(49)30(47)25(19-43)54-37)55-36-33(50)31(48)29(46)21(3)52-36/h11,21-37,43-51H,10,12-19H2,1-9H3/t21-,22-,23+,24-,25+,26+,27-,28-,29-,30+,31+,32-,33+,34-,35-,36-,37+,39+,40+,41+,42+/m0/s1. The van der Waals surface area contributed by atoms with Gasteiger partial charge in [-0.25, -0.2) is 0 Å². The van der Waals surface area contributed by atoms with Crippen LogP contribution in [0.15, 0.2) is 11.6 Å². The van der Waals surface area contributed by atoms with Crippen LogP contribution < -0.4 is 0 Å². The van der Waals surface area contributed by atoms with E-state index in [0.717, 1.165) is 19.3 Å². The first-order valence-electron chi connectivity index (χ1n) is 20.8. The Morgan fingerprint density at radius 1 is 0.818 bits per heavy atom. The fraction of sp³-hybridized carbons (Fsp3) is 0.952. The van der Waals surface area contributed by atoms with Crippen LogP contribution in [0.25, 0.3) is 0 Å². The quantitative estimate of drug-likeness (QED) is 0.121. The van der Waals surface area contributed by atoms with Crippen molar-refractivity contribution >= 4 is 0 Å². The summed E-state index contributed by atoms with van der Waals surface area (Å²) in [5.41, 5.74) is -1.71. The minimum atomic E-state index is -1.70. The molecule has 21 atom stereocenters. The highest BCUT2D eigenvalue weighted by Gasteiger charge is 2.73. The summed E-state index contributed by atoms with van der Waals surface area (Å²) in [6, 6.07) is 0. The SMILES string of the molecule is CC(C)=CCC[C@@](C)(O)[C@H]1CC[C@]2(C)[C@@H]1[C@H](O)C[C@@H]1[C@@]3(C)CC[C@H](O)C(C)(C)[C@@H]3[C@@H](O[C@@H]3O[C@H](CO)[C@@H](O)[C@H](O)[C@@H]3O[C@@H]3O[C@@H](C)[C@H](O)[C@@H](O)[C@H]3O)C[C@]12C. The fourth-order valence-corrected chi connectivity index (χ4v) is 13.3. The molecule has 9 N–H and O–H groups in total. The lowest BCUT2D eigenvalue weighted by Crippen LogP contribution is -2.71. The zero-order chi connectivity index (χ0) is 40.8. The van der Waals surface area contributed by atoms with E-state index in [2.05, 4.69) is 40.7 Å². The van der Waals surface area contributed by atoms with Gasteiger partial charge in [-0.2, -0.15) is 0 Å². The van der Waals surface area contributed by atoms with E-state index >= 15 is 0 Å². The summed E-state index contributed by atoms with van der Waals surface area (Å²) in [6.45, 7) is 17.8. The predicted molar refractivity (Wildman–Crippen MR) is 201 cm³/mol. The number of fused-ring (bicyclic) bond motifs is 5. The van der Waals surface area contributed by atoms with Crippen molar-refractivity contribution in [1.82, 2.24) is 0 Å². The number of aliphatic hydroxyl groups is 9. The minimum absolute atomic E-state index is 0.0411. The molecule has 55 heavy (non-hydrogen) atoms. The molecule has 2 heterocycles. The monoisotopic (exact) mass is 784 g/mol. The summed E-state index contributed by atoms with van der Waals surface area (Å²) in [5, 5.41) is 100. The summed E-state index contributed by atoms with van der Waals surface area (Å²) in [7, 11) is 0. The number of hydrogen-bond acceptors (Lipinski definition) is 13. The van der Waals surface area contributed by atoms with Gasteiger partial charge in [0.25, 0.3) is 0 Å². The average Bonchev–Trinajstić information content (AvgIpc) is 3.49. The highest BCUT2D eigenvalue weighted by Crippen LogP contribution is 2.76. The lowest BCUT2D eigenvalue weighted by molar-refractivity contribution is -0.382. The Bertz CT molecular complexity index is 1390. The van der Waals surface area contributed by atoms with Crippen LogP contribution in [0.2, 0.25) is 0 Å². The molecule has 2 saturated heterocycles. The highest BCUT2D eigenvalue weighted by atomic mass is 16.8. The maximum absolute atomic E-state index is 12.3. The van der Waals surface area contributed by atoms with E-state index in [4.69, 9.17) is 18.9 Å². The molecule has 318 valence electrons. The van der Waals surface area contributed by atoms with E-state index in [1.807, 2.05) is 20.8 Å². The Kier molecular flexibility index (Phi) is 12.2. The lowest BCUT2D eigenvalue weighted by atomic mass is 9.34. The first-order chi connectivity index (χ1) is 25.5. The van der Waals surface area contributed by atoms with Gasteiger partial charge in [0, 0.05) is 0 Å². The van der Waals surface area contributed by atoms with Crippen molar-refractivity contribution in [3.63, 3.8) is 0 Å².